The summed E-state index contributed by atoms with van der Waals surface area (Å²) in [5, 5.41) is 9.50. The summed E-state index contributed by atoms with van der Waals surface area (Å²) in [5.74, 6) is 0.273. The molecule has 6 heteroatoms. The maximum atomic E-state index is 13.0. The Morgan fingerprint density at radius 1 is 0.906 bits per heavy atom. The molecule has 5 rings (SSSR count). The van der Waals surface area contributed by atoms with Gasteiger partial charge in [-0.15, -0.1) is 0 Å². The zero-order valence-electron chi connectivity index (χ0n) is 16.8. The molecule has 0 saturated carbocycles. The third-order valence-corrected chi connectivity index (χ3v) is 5.73. The molecule has 32 heavy (non-hydrogen) atoms. The fourth-order valence-electron chi connectivity index (χ4n) is 3.64. The summed E-state index contributed by atoms with van der Waals surface area (Å²) in [4.78, 5) is 17.8. The van der Waals surface area contributed by atoms with E-state index in [1.54, 1.807) is 36.4 Å². The topological polar surface area (TPSA) is 53.5 Å². The maximum absolute atomic E-state index is 13.0. The highest BCUT2D eigenvalue weighted by Crippen LogP contribution is 2.36. The van der Waals surface area contributed by atoms with E-state index in [0.717, 1.165) is 22.1 Å². The average Bonchev–Trinajstić information content (AvgIpc) is 2.81. The normalized spacial score (nSPS) is 12.8. The first kappa shape index (κ1) is 20.3. The van der Waals surface area contributed by atoms with E-state index in [-0.39, 0.29) is 5.91 Å². The third kappa shape index (κ3) is 3.98. The predicted molar refractivity (Wildman–Crippen MR) is 133 cm³/mol. The number of nitrogens with zero attached hydrogens (tertiary/aromatic N) is 1. The molecule has 4 aromatic rings. The van der Waals surface area contributed by atoms with E-state index >= 15 is 0 Å². The van der Waals surface area contributed by atoms with Crippen LogP contribution in [0.4, 0.5) is 11.4 Å². The van der Waals surface area contributed by atoms with E-state index in [9.17, 15) is 4.79 Å². The number of amidine groups is 1. The van der Waals surface area contributed by atoms with Crippen LogP contribution in [0.15, 0.2) is 95.6 Å². The Balaban J connectivity index is 1.61. The van der Waals surface area contributed by atoms with Gasteiger partial charge >= 0.3 is 0 Å². The Hall–Kier alpha value is -3.60. The lowest BCUT2D eigenvalue weighted by Crippen LogP contribution is -2.31. The van der Waals surface area contributed by atoms with Gasteiger partial charge in [0.25, 0.3) is 5.91 Å². The molecular formula is C26H17Cl2N3O. The molecule has 1 amide bonds. The van der Waals surface area contributed by atoms with Crippen molar-refractivity contribution in [2.45, 2.75) is 0 Å². The van der Waals surface area contributed by atoms with Crippen LogP contribution in [0.25, 0.3) is 16.8 Å². The van der Waals surface area contributed by atoms with Gasteiger partial charge in [0.05, 0.1) is 11.4 Å². The Morgan fingerprint density at radius 2 is 1.69 bits per heavy atom. The minimum atomic E-state index is -0.247. The number of hydrogen-bond acceptors (Lipinski definition) is 3. The number of nitrogens with one attached hydrogen (secondary N) is 2. The summed E-state index contributed by atoms with van der Waals surface area (Å²) in [6, 6.07) is 26.2. The zero-order valence-corrected chi connectivity index (χ0v) is 18.3. The summed E-state index contributed by atoms with van der Waals surface area (Å²) in [6.07, 6.45) is 1.79. The van der Waals surface area contributed by atoms with Gasteiger partial charge in [0.15, 0.2) is 5.84 Å². The van der Waals surface area contributed by atoms with Gasteiger partial charge in [-0.3, -0.25) is 4.79 Å². The van der Waals surface area contributed by atoms with Crippen LogP contribution in [0, 0.1) is 0 Å². The molecule has 4 nitrogen and oxygen atoms in total. The molecule has 1 heterocycles. The van der Waals surface area contributed by atoms with Crippen LogP contribution in [0.2, 0.25) is 10.0 Å². The molecule has 0 saturated heterocycles. The van der Waals surface area contributed by atoms with Gasteiger partial charge in [0, 0.05) is 26.7 Å². The summed E-state index contributed by atoms with van der Waals surface area (Å²) in [7, 11) is 0. The van der Waals surface area contributed by atoms with Crippen molar-refractivity contribution in [2.24, 2.45) is 4.99 Å². The van der Waals surface area contributed by atoms with Crippen LogP contribution in [-0.4, -0.2) is 11.7 Å². The lowest BCUT2D eigenvalue weighted by molar-refractivity contribution is 0.0968. The molecule has 0 aliphatic carbocycles. The fraction of sp³-hybridized carbons (Fsp3) is 0. The molecule has 2 N–H and O–H groups in total. The van der Waals surface area contributed by atoms with Crippen molar-refractivity contribution in [2.75, 3.05) is 5.32 Å². The Bertz CT molecular complexity index is 1410. The number of carbonyl (C=O) groups excluding carboxylic acids is 1. The summed E-state index contributed by atoms with van der Waals surface area (Å²) >= 11 is 12.5. The number of halogens is 2. The first-order chi connectivity index (χ1) is 15.6. The van der Waals surface area contributed by atoms with Gasteiger partial charge in [0.2, 0.25) is 0 Å². The SMILES string of the molecule is O=C(N/C(=C\c1ccc(Cl)cc1Cl)C1=Nc2cccc3cccc(c23)N1)c1ccccc1. The van der Waals surface area contributed by atoms with Crippen LogP contribution < -0.4 is 10.6 Å². The Labute approximate surface area is 195 Å². The van der Waals surface area contributed by atoms with Gasteiger partial charge in [-0.1, -0.05) is 71.7 Å². The summed E-state index contributed by atoms with van der Waals surface area (Å²) in [6.45, 7) is 0. The Kier molecular flexibility index (Phi) is 5.39. The number of benzene rings is 4. The highest BCUT2D eigenvalue weighted by molar-refractivity contribution is 6.35. The minimum absolute atomic E-state index is 0.247. The fourth-order valence-corrected chi connectivity index (χ4v) is 4.11. The van der Waals surface area contributed by atoms with Crippen molar-refractivity contribution < 1.29 is 4.79 Å². The zero-order chi connectivity index (χ0) is 22.1. The van der Waals surface area contributed by atoms with Crippen molar-refractivity contribution >= 4 is 63.2 Å². The number of hydrogen-bond donors (Lipinski definition) is 2. The van der Waals surface area contributed by atoms with Crippen molar-refractivity contribution in [1.29, 1.82) is 0 Å². The molecular weight excluding hydrogens is 441 g/mol. The highest BCUT2D eigenvalue weighted by Gasteiger charge is 2.19. The maximum Gasteiger partial charge on any atom is 0.255 e. The van der Waals surface area contributed by atoms with Crippen LogP contribution >= 0.6 is 23.2 Å². The largest absolute Gasteiger partial charge is 0.338 e. The van der Waals surface area contributed by atoms with E-state index in [1.807, 2.05) is 54.6 Å². The van der Waals surface area contributed by atoms with Gasteiger partial charge in [-0.2, -0.15) is 0 Å². The molecule has 156 valence electrons. The van der Waals surface area contributed by atoms with E-state index in [4.69, 9.17) is 28.2 Å². The number of amides is 1. The van der Waals surface area contributed by atoms with Gasteiger partial charge in [0.1, 0.15) is 0 Å². The van der Waals surface area contributed by atoms with Gasteiger partial charge in [-0.05, 0) is 53.4 Å². The standard InChI is InChI=1S/C26H17Cl2N3O/c27-19-13-12-18(20(28)15-19)14-23(31-26(32)17-6-2-1-3-7-17)25-29-21-10-4-8-16-9-5-11-22(30-25)24(16)21/h1-15H,(H,29,30)(H,31,32)/b23-14-. The van der Waals surface area contributed by atoms with Crippen molar-refractivity contribution in [1.82, 2.24) is 5.32 Å². The molecule has 0 fully saturated rings. The lowest BCUT2D eigenvalue weighted by atomic mass is 10.0. The molecule has 0 spiro atoms. The number of rotatable bonds is 4. The molecule has 0 bridgehead atoms. The van der Waals surface area contributed by atoms with Crippen LogP contribution in [0.5, 0.6) is 0 Å². The average molecular weight is 458 g/mol. The van der Waals surface area contributed by atoms with Gasteiger partial charge < -0.3 is 10.6 Å². The molecule has 4 aromatic carbocycles. The van der Waals surface area contributed by atoms with Crippen molar-refractivity contribution in [3.8, 4) is 0 Å². The second-order valence-electron chi connectivity index (χ2n) is 7.31. The number of aliphatic imine (C=N–C) groups is 1. The molecule has 1 aliphatic rings. The summed E-state index contributed by atoms with van der Waals surface area (Å²) < 4.78 is 0. The minimum Gasteiger partial charge on any atom is -0.338 e. The van der Waals surface area contributed by atoms with Crippen molar-refractivity contribution in [3.05, 3.63) is 112 Å². The summed E-state index contributed by atoms with van der Waals surface area (Å²) in [5.41, 5.74) is 3.49. The molecule has 0 radical (unpaired) electrons. The molecule has 0 aromatic heterocycles. The monoisotopic (exact) mass is 457 g/mol. The molecule has 1 aliphatic heterocycles. The van der Waals surface area contributed by atoms with Crippen molar-refractivity contribution in [3.63, 3.8) is 0 Å². The van der Waals surface area contributed by atoms with Crippen LogP contribution in [0.3, 0.4) is 0 Å². The van der Waals surface area contributed by atoms with Gasteiger partial charge in [-0.25, -0.2) is 4.99 Å². The number of anilines is 1. The lowest BCUT2D eigenvalue weighted by Gasteiger charge is -2.21. The molecule has 0 atom stereocenters. The van der Waals surface area contributed by atoms with E-state index in [0.29, 0.717) is 32.7 Å². The number of carbonyl (C=O) groups is 1. The highest BCUT2D eigenvalue weighted by atomic mass is 35.5. The van der Waals surface area contributed by atoms with Crippen LogP contribution in [-0.2, 0) is 0 Å². The Morgan fingerprint density at radius 3 is 2.47 bits per heavy atom. The van der Waals surface area contributed by atoms with E-state index in [1.165, 1.54) is 0 Å². The van der Waals surface area contributed by atoms with E-state index in [2.05, 4.69) is 10.6 Å². The first-order valence-electron chi connectivity index (χ1n) is 9.99. The van der Waals surface area contributed by atoms with Crippen LogP contribution in [0.1, 0.15) is 15.9 Å². The third-order valence-electron chi connectivity index (χ3n) is 5.17. The second-order valence-corrected chi connectivity index (χ2v) is 8.15. The quantitative estimate of drug-likeness (QED) is 0.344. The van der Waals surface area contributed by atoms with E-state index < -0.39 is 0 Å². The first-order valence-corrected chi connectivity index (χ1v) is 10.7. The predicted octanol–water partition coefficient (Wildman–Crippen LogP) is 7.07. The molecule has 0 unspecified atom stereocenters. The smallest absolute Gasteiger partial charge is 0.255 e. The second kappa shape index (κ2) is 8.50.